The fraction of sp³-hybridized carbons (Fsp3) is 0.273. The third-order valence-corrected chi connectivity index (χ3v) is 6.00. The van der Waals surface area contributed by atoms with Gasteiger partial charge in [-0.1, -0.05) is 50.3 Å². The fourth-order valence-corrected chi connectivity index (χ4v) is 4.80. The molecule has 2 aromatic rings. The maximum absolute atomic E-state index is 9.06. The van der Waals surface area contributed by atoms with Crippen molar-refractivity contribution in [2.24, 2.45) is 0 Å². The van der Waals surface area contributed by atoms with Gasteiger partial charge in [-0.2, -0.15) is 0 Å². The molecule has 1 aliphatic rings. The van der Waals surface area contributed by atoms with E-state index in [4.69, 9.17) is 5.11 Å². The van der Waals surface area contributed by atoms with E-state index in [1.54, 1.807) is 0 Å². The van der Waals surface area contributed by atoms with E-state index in [0.717, 1.165) is 19.3 Å². The van der Waals surface area contributed by atoms with Crippen LogP contribution < -0.4 is 0 Å². The average molecular weight is 340 g/mol. The molecule has 0 saturated carbocycles. The van der Waals surface area contributed by atoms with Crippen LogP contribution in [0.1, 0.15) is 32.3 Å². The number of benzene rings is 2. The van der Waals surface area contributed by atoms with Crippen LogP contribution in [0.5, 0.6) is 0 Å². The van der Waals surface area contributed by atoms with E-state index in [0.29, 0.717) is 0 Å². The Balaban J connectivity index is 0.00000100. The van der Waals surface area contributed by atoms with Gasteiger partial charge in [0, 0.05) is 6.61 Å². The monoisotopic (exact) mass is 339 g/mol. The molecule has 1 N–H and O–H groups in total. The quantitative estimate of drug-likeness (QED) is 0.711. The number of aliphatic hydroxyl groups is 1. The molecule has 1 atom stereocenters. The molecule has 1 aliphatic carbocycles. The van der Waals surface area contributed by atoms with Gasteiger partial charge in [-0.05, 0) is 61.2 Å². The molecule has 0 radical (unpaired) electrons. The van der Waals surface area contributed by atoms with Gasteiger partial charge in [0.15, 0.2) is 14.7 Å². The van der Waals surface area contributed by atoms with Gasteiger partial charge in [0.2, 0.25) is 0 Å². The van der Waals surface area contributed by atoms with Crippen molar-refractivity contribution in [3.8, 4) is 0 Å². The molecule has 3 rings (SSSR count). The highest BCUT2D eigenvalue weighted by Gasteiger charge is 2.29. The zero-order valence-electron chi connectivity index (χ0n) is 14.6. The molecule has 0 fully saturated rings. The predicted molar refractivity (Wildman–Crippen MR) is 105 cm³/mol. The maximum atomic E-state index is 9.06. The van der Waals surface area contributed by atoms with E-state index in [9.17, 15) is 0 Å². The first-order chi connectivity index (χ1) is 11.9. The lowest BCUT2D eigenvalue weighted by molar-refractivity contribution is 0.299. The second-order valence-electron chi connectivity index (χ2n) is 5.32. The summed E-state index contributed by atoms with van der Waals surface area (Å²) in [4.78, 5) is 4.10. The van der Waals surface area contributed by atoms with Crippen LogP contribution in [0, 0.1) is 0 Å². The van der Waals surface area contributed by atoms with Crippen molar-refractivity contribution in [3.63, 3.8) is 0 Å². The zero-order valence-corrected chi connectivity index (χ0v) is 15.4. The molecule has 0 aromatic heterocycles. The molecule has 0 spiro atoms. The summed E-state index contributed by atoms with van der Waals surface area (Å²) in [5.41, 5.74) is 1.19. The lowest BCUT2D eigenvalue weighted by Crippen LogP contribution is -2.07. The Kier molecular flexibility index (Phi) is 7.87. The number of hydrogen-bond donors (Lipinski definition) is 1. The van der Waals surface area contributed by atoms with Crippen molar-refractivity contribution in [2.45, 2.75) is 42.9 Å². The molecule has 126 valence electrons. The third-order valence-electron chi connectivity index (χ3n) is 3.74. The Morgan fingerprint density at radius 3 is 2.12 bits per heavy atom. The third kappa shape index (κ3) is 4.86. The van der Waals surface area contributed by atoms with Crippen molar-refractivity contribution >= 4 is 10.9 Å². The Morgan fingerprint density at radius 1 is 0.875 bits per heavy atom. The van der Waals surface area contributed by atoms with Gasteiger partial charge in [-0.25, -0.2) is 0 Å². The highest BCUT2D eigenvalue weighted by molar-refractivity contribution is 8.00. The van der Waals surface area contributed by atoms with E-state index >= 15 is 0 Å². The van der Waals surface area contributed by atoms with Crippen LogP contribution in [-0.2, 0) is 17.3 Å². The minimum atomic E-state index is -0.0381. The minimum absolute atomic E-state index is 0.0381. The molecule has 0 bridgehead atoms. The minimum Gasteiger partial charge on any atom is -0.396 e. The molecule has 0 heterocycles. The van der Waals surface area contributed by atoms with Crippen molar-refractivity contribution < 1.29 is 5.11 Å². The highest BCUT2D eigenvalue weighted by atomic mass is 32.2. The van der Waals surface area contributed by atoms with E-state index in [-0.39, 0.29) is 17.5 Å². The van der Waals surface area contributed by atoms with Gasteiger partial charge in [-0.3, -0.25) is 0 Å². The summed E-state index contributed by atoms with van der Waals surface area (Å²) < 4.78 is 0. The molecule has 2 heteroatoms. The van der Waals surface area contributed by atoms with Gasteiger partial charge in [0.1, 0.15) is 0 Å². The van der Waals surface area contributed by atoms with Gasteiger partial charge in [0.05, 0.1) is 10.9 Å². The second-order valence-corrected chi connectivity index (χ2v) is 7.35. The summed E-state index contributed by atoms with van der Waals surface area (Å²) in [6.45, 7) is 4.21. The van der Waals surface area contributed by atoms with E-state index < -0.39 is 0 Å². The first-order valence-corrected chi connectivity index (χ1v) is 9.97. The van der Waals surface area contributed by atoms with Crippen molar-refractivity contribution in [1.82, 2.24) is 0 Å². The average Bonchev–Trinajstić information content (AvgIpc) is 2.67. The Hall–Kier alpha value is -1.77. The summed E-state index contributed by atoms with van der Waals surface area (Å²) in [6.07, 6.45) is 9.93. The van der Waals surface area contributed by atoms with E-state index in [1.165, 1.54) is 20.3 Å². The first-order valence-electron chi connectivity index (χ1n) is 8.74. The summed E-state index contributed by atoms with van der Waals surface area (Å²) in [5, 5.41) is 9.06. The van der Waals surface area contributed by atoms with Gasteiger partial charge in [-0.15, -0.1) is 0 Å². The summed E-state index contributed by atoms with van der Waals surface area (Å²) in [7, 11) is -0.0381. The molecule has 0 amide bonds. The standard InChI is InChI=1S/C20H21OS.C2H6/c21-16-15-17-11-13-20(14-12-17)22(18-7-3-1-4-8-18)19-9-5-2-6-10-19;1-2/h1,3-5,7-14,21H,2,6,15-16H2;1-2H3/q+1;. The largest absolute Gasteiger partial charge is 0.396 e. The van der Waals surface area contributed by atoms with Crippen LogP contribution in [0.25, 0.3) is 0 Å². The topological polar surface area (TPSA) is 20.2 Å². The lowest BCUT2D eigenvalue weighted by Gasteiger charge is -2.11. The predicted octanol–water partition coefficient (Wildman–Crippen LogP) is 5.52. The lowest BCUT2D eigenvalue weighted by atomic mass is 10.2. The number of hydrogen-bond acceptors (Lipinski definition) is 1. The highest BCUT2D eigenvalue weighted by Crippen LogP contribution is 2.33. The summed E-state index contributed by atoms with van der Waals surface area (Å²) in [6, 6.07) is 19.4. The van der Waals surface area contributed by atoms with Gasteiger partial charge in [0.25, 0.3) is 0 Å². The van der Waals surface area contributed by atoms with Gasteiger partial charge >= 0.3 is 0 Å². The van der Waals surface area contributed by atoms with Crippen LogP contribution in [0.2, 0.25) is 0 Å². The number of rotatable bonds is 5. The molecule has 1 unspecified atom stereocenters. The van der Waals surface area contributed by atoms with Crippen molar-refractivity contribution in [1.29, 1.82) is 0 Å². The Bertz CT molecular complexity index is 656. The van der Waals surface area contributed by atoms with Crippen LogP contribution in [-0.4, -0.2) is 11.7 Å². The molecule has 0 saturated heterocycles. The Labute approximate surface area is 149 Å². The Morgan fingerprint density at radius 2 is 1.54 bits per heavy atom. The molecular weight excluding hydrogens is 312 g/mol. The molecule has 2 aromatic carbocycles. The van der Waals surface area contributed by atoms with Crippen LogP contribution >= 0.6 is 0 Å². The second kappa shape index (κ2) is 10.2. The van der Waals surface area contributed by atoms with Crippen LogP contribution in [0.3, 0.4) is 0 Å². The molecular formula is C22H27OS+. The number of aliphatic hydroxyl groups excluding tert-OH is 1. The normalized spacial score (nSPS) is 14.4. The van der Waals surface area contributed by atoms with Crippen LogP contribution in [0.15, 0.2) is 87.5 Å². The fourth-order valence-electron chi connectivity index (χ4n) is 2.63. The maximum Gasteiger partial charge on any atom is 0.166 e. The molecule has 1 nitrogen and oxygen atoms in total. The summed E-state index contributed by atoms with van der Waals surface area (Å²) in [5.74, 6) is 0. The van der Waals surface area contributed by atoms with Crippen LogP contribution in [0.4, 0.5) is 0 Å². The van der Waals surface area contributed by atoms with Crippen molar-refractivity contribution in [2.75, 3.05) is 6.61 Å². The first kappa shape index (κ1) is 18.6. The van der Waals surface area contributed by atoms with E-state index in [1.807, 2.05) is 13.8 Å². The molecule has 0 aliphatic heterocycles. The van der Waals surface area contributed by atoms with E-state index in [2.05, 4.69) is 72.8 Å². The van der Waals surface area contributed by atoms with Gasteiger partial charge < -0.3 is 5.11 Å². The number of allylic oxidation sites excluding steroid dienone is 3. The zero-order chi connectivity index (χ0) is 17.2. The molecule has 24 heavy (non-hydrogen) atoms. The van der Waals surface area contributed by atoms with Crippen molar-refractivity contribution in [3.05, 3.63) is 83.3 Å². The SMILES string of the molecule is CC.OCCc1ccc([S+](C2=CCCC=C2)c2ccccc2)cc1. The summed E-state index contributed by atoms with van der Waals surface area (Å²) >= 11 is 0. The smallest absolute Gasteiger partial charge is 0.166 e.